The van der Waals surface area contributed by atoms with E-state index in [-0.39, 0.29) is 5.91 Å². The second-order valence-corrected chi connectivity index (χ2v) is 6.52. The number of hydrogen-bond donors (Lipinski definition) is 2. The number of ether oxygens (including phenoxy) is 1. The zero-order valence-electron chi connectivity index (χ0n) is 14.3. The van der Waals surface area contributed by atoms with E-state index in [0.29, 0.717) is 11.3 Å². The van der Waals surface area contributed by atoms with Gasteiger partial charge in [-0.3, -0.25) is 10.1 Å². The van der Waals surface area contributed by atoms with Crippen LogP contribution < -0.4 is 10.6 Å². The first-order valence-corrected chi connectivity index (χ1v) is 7.71. The summed E-state index contributed by atoms with van der Waals surface area (Å²) in [7, 11) is 0. The molecule has 0 aliphatic carbocycles. The van der Waals surface area contributed by atoms with Crippen molar-refractivity contribution in [2.75, 3.05) is 10.6 Å². The second kappa shape index (κ2) is 7.17. The molecule has 0 saturated carbocycles. The van der Waals surface area contributed by atoms with E-state index in [1.54, 1.807) is 45.0 Å². The normalized spacial score (nSPS) is 10.8. The van der Waals surface area contributed by atoms with Crippen LogP contribution in [0.5, 0.6) is 0 Å². The third-order valence-electron chi connectivity index (χ3n) is 3.10. The zero-order valence-corrected chi connectivity index (χ0v) is 14.3. The fraction of sp³-hybridized carbons (Fsp3) is 0.263. The SMILES string of the molecule is Cc1ccc(NC(=O)c2ccc(NC(=O)OC(C)(C)C)cc2)cc1. The molecule has 5 heteroatoms. The number of nitrogens with one attached hydrogen (secondary N) is 2. The summed E-state index contributed by atoms with van der Waals surface area (Å²) in [5, 5.41) is 5.45. The summed E-state index contributed by atoms with van der Waals surface area (Å²) in [5.41, 5.74) is 2.38. The van der Waals surface area contributed by atoms with Crippen molar-refractivity contribution in [2.45, 2.75) is 33.3 Å². The molecule has 0 aliphatic rings. The third-order valence-corrected chi connectivity index (χ3v) is 3.10. The average molecular weight is 326 g/mol. The van der Waals surface area contributed by atoms with Gasteiger partial charge in [-0.2, -0.15) is 0 Å². The standard InChI is InChI=1S/C19H22N2O3/c1-13-5-9-15(10-6-13)20-17(22)14-7-11-16(12-8-14)21-18(23)24-19(2,3)4/h5-12H,1-4H3,(H,20,22)(H,21,23). The summed E-state index contributed by atoms with van der Waals surface area (Å²) in [6, 6.07) is 14.2. The van der Waals surface area contributed by atoms with Crippen LogP contribution in [0.15, 0.2) is 48.5 Å². The smallest absolute Gasteiger partial charge is 0.412 e. The number of hydrogen-bond acceptors (Lipinski definition) is 3. The van der Waals surface area contributed by atoms with E-state index in [1.807, 2.05) is 31.2 Å². The largest absolute Gasteiger partial charge is 0.444 e. The summed E-state index contributed by atoms with van der Waals surface area (Å²) in [6.07, 6.45) is -0.528. The summed E-state index contributed by atoms with van der Waals surface area (Å²) in [6.45, 7) is 7.38. The minimum Gasteiger partial charge on any atom is -0.444 e. The van der Waals surface area contributed by atoms with E-state index in [9.17, 15) is 9.59 Å². The van der Waals surface area contributed by atoms with Crippen molar-refractivity contribution >= 4 is 23.4 Å². The molecule has 0 aliphatic heterocycles. The van der Waals surface area contributed by atoms with E-state index < -0.39 is 11.7 Å². The van der Waals surface area contributed by atoms with Gasteiger partial charge < -0.3 is 10.1 Å². The topological polar surface area (TPSA) is 67.4 Å². The highest BCUT2D eigenvalue weighted by Gasteiger charge is 2.16. The predicted molar refractivity (Wildman–Crippen MR) is 95.4 cm³/mol. The predicted octanol–water partition coefficient (Wildman–Crippen LogP) is 4.59. The number of carbonyl (C=O) groups excluding carboxylic acids is 2. The van der Waals surface area contributed by atoms with Crippen LogP contribution in [0.25, 0.3) is 0 Å². The van der Waals surface area contributed by atoms with Crippen LogP contribution >= 0.6 is 0 Å². The van der Waals surface area contributed by atoms with Crippen LogP contribution in [-0.2, 0) is 4.74 Å². The maximum atomic E-state index is 12.2. The lowest BCUT2D eigenvalue weighted by molar-refractivity contribution is 0.0636. The van der Waals surface area contributed by atoms with Crippen molar-refractivity contribution in [3.8, 4) is 0 Å². The molecule has 2 rings (SSSR count). The molecule has 2 amide bonds. The van der Waals surface area contributed by atoms with Crippen LogP contribution in [0.4, 0.5) is 16.2 Å². The quantitative estimate of drug-likeness (QED) is 0.866. The Hall–Kier alpha value is -2.82. The fourth-order valence-electron chi connectivity index (χ4n) is 1.97. The van der Waals surface area contributed by atoms with Gasteiger partial charge in [0.25, 0.3) is 5.91 Å². The Morgan fingerprint density at radius 3 is 1.88 bits per heavy atom. The zero-order chi connectivity index (χ0) is 17.7. The first-order chi connectivity index (χ1) is 11.2. The molecule has 0 unspecified atom stereocenters. The molecule has 0 bridgehead atoms. The fourth-order valence-corrected chi connectivity index (χ4v) is 1.97. The summed E-state index contributed by atoms with van der Waals surface area (Å²) < 4.78 is 5.18. The Labute approximate surface area is 142 Å². The molecule has 0 spiro atoms. The molecule has 126 valence electrons. The van der Waals surface area contributed by atoms with E-state index in [2.05, 4.69) is 10.6 Å². The molecule has 5 nitrogen and oxygen atoms in total. The molecule has 24 heavy (non-hydrogen) atoms. The molecule has 2 N–H and O–H groups in total. The Morgan fingerprint density at radius 2 is 1.33 bits per heavy atom. The Bertz CT molecular complexity index is 714. The molecule has 0 atom stereocenters. The first-order valence-electron chi connectivity index (χ1n) is 7.71. The number of rotatable bonds is 3. The number of benzene rings is 2. The van der Waals surface area contributed by atoms with Gasteiger partial charge in [0.2, 0.25) is 0 Å². The minimum absolute atomic E-state index is 0.206. The maximum Gasteiger partial charge on any atom is 0.412 e. The van der Waals surface area contributed by atoms with Gasteiger partial charge in [-0.1, -0.05) is 17.7 Å². The average Bonchev–Trinajstić information content (AvgIpc) is 2.48. The number of anilines is 2. The molecule has 0 fully saturated rings. The number of amides is 2. The van der Waals surface area contributed by atoms with E-state index >= 15 is 0 Å². The molecular weight excluding hydrogens is 304 g/mol. The molecule has 2 aromatic carbocycles. The number of carbonyl (C=O) groups is 2. The van der Waals surface area contributed by atoms with Gasteiger partial charge in [-0.25, -0.2) is 4.79 Å². The highest BCUT2D eigenvalue weighted by atomic mass is 16.6. The Morgan fingerprint density at radius 1 is 0.833 bits per heavy atom. The summed E-state index contributed by atoms with van der Waals surface area (Å²) >= 11 is 0. The first kappa shape index (κ1) is 17.5. The van der Waals surface area contributed by atoms with Gasteiger partial charge in [-0.05, 0) is 64.1 Å². The van der Waals surface area contributed by atoms with Crippen LogP contribution in [0.1, 0.15) is 36.7 Å². The van der Waals surface area contributed by atoms with Gasteiger partial charge in [0.1, 0.15) is 5.60 Å². The van der Waals surface area contributed by atoms with Gasteiger partial charge in [0.05, 0.1) is 0 Å². The molecule has 0 aromatic heterocycles. The Kier molecular flexibility index (Phi) is 5.24. The van der Waals surface area contributed by atoms with Crippen LogP contribution in [-0.4, -0.2) is 17.6 Å². The van der Waals surface area contributed by atoms with Gasteiger partial charge in [0.15, 0.2) is 0 Å². The van der Waals surface area contributed by atoms with Crippen LogP contribution in [0.3, 0.4) is 0 Å². The lowest BCUT2D eigenvalue weighted by atomic mass is 10.1. The summed E-state index contributed by atoms with van der Waals surface area (Å²) in [5.74, 6) is -0.206. The van der Waals surface area contributed by atoms with Crippen molar-refractivity contribution in [1.82, 2.24) is 0 Å². The Balaban J connectivity index is 1.97. The molecule has 0 saturated heterocycles. The molecule has 0 heterocycles. The van der Waals surface area contributed by atoms with Crippen molar-refractivity contribution in [3.05, 3.63) is 59.7 Å². The minimum atomic E-state index is -0.558. The lowest BCUT2D eigenvalue weighted by Gasteiger charge is -2.19. The lowest BCUT2D eigenvalue weighted by Crippen LogP contribution is -2.27. The van der Waals surface area contributed by atoms with Crippen molar-refractivity contribution in [2.24, 2.45) is 0 Å². The monoisotopic (exact) mass is 326 g/mol. The van der Waals surface area contributed by atoms with Gasteiger partial charge in [0, 0.05) is 16.9 Å². The van der Waals surface area contributed by atoms with Crippen LogP contribution in [0.2, 0.25) is 0 Å². The van der Waals surface area contributed by atoms with Gasteiger partial charge >= 0.3 is 6.09 Å². The van der Waals surface area contributed by atoms with Gasteiger partial charge in [-0.15, -0.1) is 0 Å². The van der Waals surface area contributed by atoms with E-state index in [4.69, 9.17) is 4.74 Å². The van der Waals surface area contributed by atoms with Crippen molar-refractivity contribution < 1.29 is 14.3 Å². The third kappa shape index (κ3) is 5.43. The highest BCUT2D eigenvalue weighted by Crippen LogP contribution is 2.15. The highest BCUT2D eigenvalue weighted by molar-refractivity contribution is 6.04. The van der Waals surface area contributed by atoms with Crippen LogP contribution in [0, 0.1) is 6.92 Å². The molecular formula is C19H22N2O3. The molecule has 0 radical (unpaired) electrons. The summed E-state index contributed by atoms with van der Waals surface area (Å²) in [4.78, 5) is 23.9. The second-order valence-electron chi connectivity index (χ2n) is 6.52. The van der Waals surface area contributed by atoms with Crippen molar-refractivity contribution in [3.63, 3.8) is 0 Å². The van der Waals surface area contributed by atoms with E-state index in [1.165, 1.54) is 0 Å². The number of aryl methyl sites for hydroxylation is 1. The van der Waals surface area contributed by atoms with Crippen molar-refractivity contribution in [1.29, 1.82) is 0 Å². The van der Waals surface area contributed by atoms with E-state index in [0.717, 1.165) is 11.3 Å². The maximum absolute atomic E-state index is 12.2. The molecule has 2 aromatic rings.